The minimum Gasteiger partial charge on any atom is -0.468 e. The first-order chi connectivity index (χ1) is 12.9. The average Bonchev–Trinajstić information content (AvgIpc) is 2.64. The molecule has 0 atom stereocenters. The van der Waals surface area contributed by atoms with Gasteiger partial charge in [0.05, 0.1) is 0 Å². The normalized spacial score (nSPS) is 11.5. The number of halogens is 5. The van der Waals surface area contributed by atoms with Crippen LogP contribution in [0.1, 0.15) is 11.1 Å². The van der Waals surface area contributed by atoms with Crippen LogP contribution in [0.4, 0.5) is 13.2 Å². The Kier molecular flexibility index (Phi) is 10.4. The van der Waals surface area contributed by atoms with E-state index < -0.39 is 12.8 Å². The van der Waals surface area contributed by atoms with E-state index in [1.165, 1.54) is 12.3 Å². The molecule has 0 aliphatic rings. The first-order valence-corrected chi connectivity index (χ1v) is 8.57. The zero-order chi connectivity index (χ0) is 19.7. The highest BCUT2D eigenvalue weighted by Crippen LogP contribution is 2.17. The number of nitrogens with zero attached hydrogens (tertiary/aromatic N) is 2. The molecule has 0 radical (unpaired) electrons. The van der Waals surface area contributed by atoms with E-state index in [0.717, 1.165) is 17.5 Å². The molecule has 0 saturated heterocycles. The van der Waals surface area contributed by atoms with Gasteiger partial charge in [-0.2, -0.15) is 13.2 Å². The van der Waals surface area contributed by atoms with Crippen molar-refractivity contribution in [2.24, 2.45) is 4.99 Å². The molecule has 2 rings (SSSR count). The van der Waals surface area contributed by atoms with Gasteiger partial charge in [0, 0.05) is 37.4 Å². The van der Waals surface area contributed by atoms with Crippen molar-refractivity contribution in [3.63, 3.8) is 0 Å². The highest BCUT2D eigenvalue weighted by atomic mass is 127. The molecule has 0 amide bonds. The van der Waals surface area contributed by atoms with Crippen molar-refractivity contribution in [1.82, 2.24) is 15.6 Å². The Morgan fingerprint density at radius 2 is 1.79 bits per heavy atom. The molecule has 0 bridgehead atoms. The van der Waals surface area contributed by atoms with E-state index in [2.05, 4.69) is 25.3 Å². The molecule has 2 N–H and O–H groups in total. The summed E-state index contributed by atoms with van der Waals surface area (Å²) in [6, 6.07) is 10.7. The molecule has 0 aliphatic heterocycles. The average molecular weight is 529 g/mol. The fourth-order valence-electron chi connectivity index (χ4n) is 2.14. The van der Waals surface area contributed by atoms with E-state index in [-0.39, 0.29) is 29.9 Å². The fourth-order valence-corrected chi connectivity index (χ4v) is 2.27. The van der Waals surface area contributed by atoms with Gasteiger partial charge in [0.15, 0.2) is 12.6 Å². The van der Waals surface area contributed by atoms with Crippen LogP contribution in [-0.4, -0.2) is 37.3 Å². The first-order valence-electron chi connectivity index (χ1n) is 8.19. The van der Waals surface area contributed by atoms with E-state index >= 15 is 0 Å². The fraction of sp³-hybridized carbons (Fsp3) is 0.333. The van der Waals surface area contributed by atoms with Gasteiger partial charge in [-0.05, 0) is 29.7 Å². The van der Waals surface area contributed by atoms with Crippen LogP contribution in [0.5, 0.6) is 5.88 Å². The molecule has 1 heterocycles. The second-order valence-electron chi connectivity index (χ2n) is 5.64. The molecule has 0 spiro atoms. The van der Waals surface area contributed by atoms with Crippen LogP contribution in [0, 0.1) is 0 Å². The van der Waals surface area contributed by atoms with Gasteiger partial charge in [-0.25, -0.2) is 4.98 Å². The maximum atomic E-state index is 12.1. The summed E-state index contributed by atoms with van der Waals surface area (Å²) in [5.41, 5.74) is 1.94. The molecule has 1 aromatic carbocycles. The molecule has 5 nitrogen and oxygen atoms in total. The highest BCUT2D eigenvalue weighted by Gasteiger charge is 2.28. The second-order valence-corrected chi connectivity index (χ2v) is 6.07. The van der Waals surface area contributed by atoms with Crippen molar-refractivity contribution < 1.29 is 17.9 Å². The number of pyridine rings is 1. The number of aliphatic imine (C=N–C) groups is 1. The summed E-state index contributed by atoms with van der Waals surface area (Å²) < 4.78 is 40.9. The minimum absolute atomic E-state index is 0. The molecular weight excluding hydrogens is 508 g/mol. The number of alkyl halides is 3. The molecule has 154 valence electrons. The van der Waals surface area contributed by atoms with E-state index in [9.17, 15) is 13.2 Å². The predicted molar refractivity (Wildman–Crippen MR) is 115 cm³/mol. The van der Waals surface area contributed by atoms with Gasteiger partial charge in [-0.15, -0.1) is 24.0 Å². The lowest BCUT2D eigenvalue weighted by Crippen LogP contribution is -2.37. The molecule has 1 aromatic heterocycles. The third-order valence-corrected chi connectivity index (χ3v) is 3.74. The van der Waals surface area contributed by atoms with Crippen molar-refractivity contribution >= 4 is 41.5 Å². The van der Waals surface area contributed by atoms with Crippen LogP contribution in [0.15, 0.2) is 47.6 Å². The van der Waals surface area contributed by atoms with Gasteiger partial charge in [0.25, 0.3) is 0 Å². The summed E-state index contributed by atoms with van der Waals surface area (Å²) in [6.45, 7) is -0.251. The van der Waals surface area contributed by atoms with E-state index in [1.54, 1.807) is 13.1 Å². The Balaban J connectivity index is 0.00000392. The Hall–Kier alpha value is -1.75. The van der Waals surface area contributed by atoms with Crippen LogP contribution in [0.25, 0.3) is 0 Å². The number of guanidine groups is 1. The first kappa shape index (κ1) is 24.3. The number of hydrogen-bond donors (Lipinski definition) is 2. The Morgan fingerprint density at radius 3 is 2.36 bits per heavy atom. The van der Waals surface area contributed by atoms with Gasteiger partial charge in [0.2, 0.25) is 5.88 Å². The third kappa shape index (κ3) is 9.45. The SMILES string of the molecule is CN=C(NCCc1ccc(Cl)cc1)NCc1ccc(OCC(F)(F)F)nc1.I. The van der Waals surface area contributed by atoms with Crippen molar-refractivity contribution in [2.45, 2.75) is 19.1 Å². The molecule has 0 fully saturated rings. The lowest BCUT2D eigenvalue weighted by molar-refractivity contribution is -0.154. The molecule has 0 aliphatic carbocycles. The molecule has 2 aromatic rings. The van der Waals surface area contributed by atoms with Crippen molar-refractivity contribution in [3.05, 3.63) is 58.7 Å². The largest absolute Gasteiger partial charge is 0.468 e. The lowest BCUT2D eigenvalue weighted by Gasteiger charge is -2.12. The Labute approximate surface area is 183 Å². The summed E-state index contributed by atoms with van der Waals surface area (Å²) in [5.74, 6) is 0.544. The molecule has 0 saturated carbocycles. The summed E-state index contributed by atoms with van der Waals surface area (Å²) in [4.78, 5) is 7.99. The van der Waals surface area contributed by atoms with Gasteiger partial charge in [-0.1, -0.05) is 29.8 Å². The van der Waals surface area contributed by atoms with Crippen LogP contribution < -0.4 is 15.4 Å². The number of benzene rings is 1. The lowest BCUT2D eigenvalue weighted by atomic mass is 10.1. The third-order valence-electron chi connectivity index (χ3n) is 3.48. The second kappa shape index (κ2) is 11.9. The molecule has 0 unspecified atom stereocenters. The summed E-state index contributed by atoms with van der Waals surface area (Å²) in [6.07, 6.45) is -2.11. The maximum absolute atomic E-state index is 12.1. The summed E-state index contributed by atoms with van der Waals surface area (Å²) in [5, 5.41) is 7.00. The van der Waals surface area contributed by atoms with Crippen LogP contribution >= 0.6 is 35.6 Å². The maximum Gasteiger partial charge on any atom is 0.422 e. The van der Waals surface area contributed by atoms with Crippen LogP contribution in [0.2, 0.25) is 5.02 Å². The summed E-state index contributed by atoms with van der Waals surface area (Å²) >= 11 is 5.86. The van der Waals surface area contributed by atoms with Gasteiger partial charge in [-0.3, -0.25) is 4.99 Å². The van der Waals surface area contributed by atoms with Crippen molar-refractivity contribution in [3.8, 4) is 5.88 Å². The molecule has 10 heteroatoms. The zero-order valence-electron chi connectivity index (χ0n) is 15.1. The van der Waals surface area contributed by atoms with Crippen LogP contribution in [0.3, 0.4) is 0 Å². The van der Waals surface area contributed by atoms with E-state index in [0.29, 0.717) is 24.1 Å². The van der Waals surface area contributed by atoms with Crippen LogP contribution in [-0.2, 0) is 13.0 Å². The van der Waals surface area contributed by atoms with Crippen molar-refractivity contribution in [2.75, 3.05) is 20.2 Å². The topological polar surface area (TPSA) is 58.5 Å². The predicted octanol–water partition coefficient (Wildman–Crippen LogP) is 4.20. The quantitative estimate of drug-likeness (QED) is 0.321. The van der Waals surface area contributed by atoms with Gasteiger partial charge >= 0.3 is 6.18 Å². The number of ether oxygens (including phenoxy) is 1. The highest BCUT2D eigenvalue weighted by molar-refractivity contribution is 14.0. The molecule has 28 heavy (non-hydrogen) atoms. The Bertz CT molecular complexity index is 740. The smallest absolute Gasteiger partial charge is 0.422 e. The standard InChI is InChI=1S/C18H20ClF3N4O.HI/c1-23-17(24-9-8-13-2-5-15(19)6-3-13)26-11-14-4-7-16(25-10-14)27-12-18(20,21)22;/h2-7,10H,8-9,11-12H2,1H3,(H2,23,24,26);1H. The monoisotopic (exact) mass is 528 g/mol. The molecular formula is C18H21ClF3IN4O. The number of rotatable bonds is 7. The van der Waals surface area contributed by atoms with Gasteiger partial charge in [0.1, 0.15) is 0 Å². The van der Waals surface area contributed by atoms with E-state index in [4.69, 9.17) is 11.6 Å². The number of hydrogen-bond acceptors (Lipinski definition) is 3. The number of aromatic nitrogens is 1. The minimum atomic E-state index is -4.38. The van der Waals surface area contributed by atoms with E-state index in [1.807, 2.05) is 24.3 Å². The number of nitrogens with one attached hydrogen (secondary N) is 2. The zero-order valence-corrected chi connectivity index (χ0v) is 18.2. The van der Waals surface area contributed by atoms with Crippen molar-refractivity contribution in [1.29, 1.82) is 0 Å². The Morgan fingerprint density at radius 1 is 1.11 bits per heavy atom. The van der Waals surface area contributed by atoms with Gasteiger partial charge < -0.3 is 15.4 Å². The summed E-state index contributed by atoms with van der Waals surface area (Å²) in [7, 11) is 1.66.